The summed E-state index contributed by atoms with van der Waals surface area (Å²) >= 11 is 0. The van der Waals surface area contributed by atoms with Crippen LogP contribution >= 0.6 is 12.4 Å². The van der Waals surface area contributed by atoms with Crippen molar-refractivity contribution < 1.29 is 0 Å². The van der Waals surface area contributed by atoms with Crippen LogP contribution < -0.4 is 5.73 Å². The summed E-state index contributed by atoms with van der Waals surface area (Å²) in [5.41, 5.74) is 8.96. The zero-order valence-corrected chi connectivity index (χ0v) is 12.2. The first-order valence-electron chi connectivity index (χ1n) is 6.80. The van der Waals surface area contributed by atoms with Crippen LogP contribution in [-0.4, -0.2) is 0 Å². The highest BCUT2D eigenvalue weighted by Crippen LogP contribution is 2.67. The van der Waals surface area contributed by atoms with Crippen molar-refractivity contribution >= 4 is 12.4 Å². The number of nitrogens with two attached hydrogens (primary N) is 1. The Kier molecular flexibility index (Phi) is 3.50. The van der Waals surface area contributed by atoms with Crippen LogP contribution in [0.4, 0.5) is 0 Å². The van der Waals surface area contributed by atoms with E-state index in [1.807, 2.05) is 0 Å². The average molecular weight is 266 g/mol. The van der Waals surface area contributed by atoms with E-state index in [2.05, 4.69) is 44.2 Å². The van der Waals surface area contributed by atoms with Crippen molar-refractivity contribution in [3.05, 3.63) is 35.9 Å². The predicted molar refractivity (Wildman–Crippen MR) is 78.8 cm³/mol. The van der Waals surface area contributed by atoms with Gasteiger partial charge >= 0.3 is 0 Å². The molecular weight excluding hydrogens is 242 g/mol. The molecule has 0 saturated heterocycles. The number of halogens is 1. The predicted octanol–water partition coefficient (Wildman–Crippen LogP) is 4.32. The van der Waals surface area contributed by atoms with Gasteiger partial charge in [-0.2, -0.15) is 0 Å². The maximum absolute atomic E-state index is 6.37. The van der Waals surface area contributed by atoms with E-state index < -0.39 is 0 Å². The average Bonchev–Trinajstić information content (AvgIpc) is 2.22. The van der Waals surface area contributed by atoms with Crippen molar-refractivity contribution in [3.8, 4) is 0 Å². The van der Waals surface area contributed by atoms with Crippen LogP contribution in [-0.2, 0) is 0 Å². The molecule has 2 N–H and O–H groups in total. The van der Waals surface area contributed by atoms with E-state index in [9.17, 15) is 0 Å². The Bertz CT molecular complexity index is 396. The lowest BCUT2D eigenvalue weighted by atomic mass is 9.43. The molecular formula is C16H24ClN. The van der Waals surface area contributed by atoms with E-state index in [1.165, 1.54) is 31.2 Å². The Hall–Kier alpha value is -0.530. The van der Waals surface area contributed by atoms with Gasteiger partial charge < -0.3 is 5.73 Å². The first-order valence-corrected chi connectivity index (χ1v) is 6.80. The summed E-state index contributed by atoms with van der Waals surface area (Å²) in [6.45, 7) is 4.78. The molecule has 18 heavy (non-hydrogen) atoms. The van der Waals surface area contributed by atoms with Gasteiger partial charge in [-0.1, -0.05) is 44.2 Å². The van der Waals surface area contributed by atoms with E-state index in [-0.39, 0.29) is 18.4 Å². The second-order valence-corrected chi connectivity index (χ2v) is 7.12. The number of rotatable bonds is 2. The fraction of sp³-hybridized carbons (Fsp3) is 0.625. The highest BCUT2D eigenvalue weighted by Gasteiger charge is 2.56. The smallest absolute Gasteiger partial charge is 0.0323 e. The van der Waals surface area contributed by atoms with E-state index in [1.54, 1.807) is 0 Å². The summed E-state index contributed by atoms with van der Waals surface area (Å²) < 4.78 is 0. The molecule has 2 aliphatic carbocycles. The zero-order chi connectivity index (χ0) is 12.1. The third-order valence-corrected chi connectivity index (χ3v) is 4.79. The van der Waals surface area contributed by atoms with Gasteiger partial charge in [0.05, 0.1) is 0 Å². The van der Waals surface area contributed by atoms with Gasteiger partial charge in [-0.05, 0) is 48.0 Å². The third kappa shape index (κ3) is 2.31. The van der Waals surface area contributed by atoms with Gasteiger partial charge in [0.15, 0.2) is 0 Å². The van der Waals surface area contributed by atoms with Gasteiger partial charge in [-0.25, -0.2) is 0 Å². The first-order chi connectivity index (χ1) is 8.00. The molecule has 1 aromatic carbocycles. The molecule has 0 amide bonds. The molecule has 0 bridgehead atoms. The molecule has 0 unspecified atom stereocenters. The van der Waals surface area contributed by atoms with Crippen LogP contribution in [0.1, 0.15) is 51.1 Å². The molecule has 1 atom stereocenters. The van der Waals surface area contributed by atoms with Crippen molar-refractivity contribution in [2.24, 2.45) is 22.5 Å². The standard InChI is InChI=1S/C16H23N.ClH/c1-15(2)10-16(11-15)8-13(9-16)14(17)12-6-4-3-5-7-12;/h3-7,13-14H,8-11,17H2,1-2H3;1H/t14-;/m0./s1. The second kappa shape index (κ2) is 4.54. The lowest BCUT2D eigenvalue weighted by molar-refractivity contribution is -0.116. The summed E-state index contributed by atoms with van der Waals surface area (Å²) in [4.78, 5) is 0. The van der Waals surface area contributed by atoms with E-state index in [0.29, 0.717) is 16.7 Å². The van der Waals surface area contributed by atoms with Gasteiger partial charge in [0.25, 0.3) is 0 Å². The second-order valence-electron chi connectivity index (χ2n) is 7.12. The van der Waals surface area contributed by atoms with Crippen LogP contribution in [0.25, 0.3) is 0 Å². The number of hydrogen-bond donors (Lipinski definition) is 1. The van der Waals surface area contributed by atoms with Crippen LogP contribution in [0.5, 0.6) is 0 Å². The normalized spacial score (nSPS) is 25.7. The Labute approximate surface area is 117 Å². The fourth-order valence-corrected chi connectivity index (χ4v) is 4.52. The van der Waals surface area contributed by atoms with Gasteiger partial charge in [-0.3, -0.25) is 0 Å². The van der Waals surface area contributed by atoms with Crippen molar-refractivity contribution in [1.82, 2.24) is 0 Å². The minimum absolute atomic E-state index is 0. The molecule has 3 rings (SSSR count). The number of hydrogen-bond acceptors (Lipinski definition) is 1. The molecule has 1 nitrogen and oxygen atoms in total. The maximum Gasteiger partial charge on any atom is 0.0323 e. The van der Waals surface area contributed by atoms with Crippen LogP contribution in [0.3, 0.4) is 0 Å². The lowest BCUT2D eigenvalue weighted by Gasteiger charge is -2.63. The van der Waals surface area contributed by atoms with Gasteiger partial charge in [0.2, 0.25) is 0 Å². The third-order valence-electron chi connectivity index (χ3n) is 4.79. The molecule has 0 heterocycles. The van der Waals surface area contributed by atoms with E-state index in [4.69, 9.17) is 5.73 Å². The molecule has 0 aromatic heterocycles. The Morgan fingerprint density at radius 3 is 2.17 bits per heavy atom. The van der Waals surface area contributed by atoms with Gasteiger partial charge in [0, 0.05) is 6.04 Å². The lowest BCUT2D eigenvalue weighted by Crippen LogP contribution is -2.53. The Morgan fingerprint density at radius 2 is 1.67 bits per heavy atom. The van der Waals surface area contributed by atoms with Gasteiger partial charge in [-0.15, -0.1) is 12.4 Å². The quantitative estimate of drug-likeness (QED) is 0.847. The van der Waals surface area contributed by atoms with Crippen molar-refractivity contribution in [2.45, 2.75) is 45.6 Å². The van der Waals surface area contributed by atoms with Crippen molar-refractivity contribution in [3.63, 3.8) is 0 Å². The summed E-state index contributed by atoms with van der Waals surface area (Å²) in [5, 5.41) is 0. The Morgan fingerprint density at radius 1 is 1.11 bits per heavy atom. The molecule has 1 aromatic rings. The SMILES string of the molecule is CC1(C)CC2(CC([C@@H](N)c3ccccc3)C2)C1.Cl. The zero-order valence-electron chi connectivity index (χ0n) is 11.4. The monoisotopic (exact) mass is 265 g/mol. The van der Waals surface area contributed by atoms with Crippen LogP contribution in [0, 0.1) is 16.7 Å². The molecule has 2 aliphatic rings. The topological polar surface area (TPSA) is 26.0 Å². The number of benzene rings is 1. The van der Waals surface area contributed by atoms with Crippen molar-refractivity contribution in [1.29, 1.82) is 0 Å². The first kappa shape index (κ1) is 13.9. The fourth-order valence-electron chi connectivity index (χ4n) is 4.52. The molecule has 0 aliphatic heterocycles. The molecule has 1 spiro atoms. The highest BCUT2D eigenvalue weighted by atomic mass is 35.5. The summed E-state index contributed by atoms with van der Waals surface area (Å²) in [6, 6.07) is 10.8. The highest BCUT2D eigenvalue weighted by molar-refractivity contribution is 5.85. The molecule has 2 fully saturated rings. The summed E-state index contributed by atoms with van der Waals surface area (Å²) in [6.07, 6.45) is 5.54. The summed E-state index contributed by atoms with van der Waals surface area (Å²) in [5.74, 6) is 0.716. The minimum Gasteiger partial charge on any atom is -0.324 e. The van der Waals surface area contributed by atoms with Crippen LogP contribution in [0.15, 0.2) is 30.3 Å². The van der Waals surface area contributed by atoms with E-state index in [0.717, 1.165) is 0 Å². The Balaban J connectivity index is 0.00000120. The molecule has 2 saturated carbocycles. The molecule has 0 radical (unpaired) electrons. The van der Waals surface area contributed by atoms with Crippen molar-refractivity contribution in [2.75, 3.05) is 0 Å². The summed E-state index contributed by atoms with van der Waals surface area (Å²) in [7, 11) is 0. The minimum atomic E-state index is 0. The maximum atomic E-state index is 6.37. The van der Waals surface area contributed by atoms with E-state index >= 15 is 0 Å². The van der Waals surface area contributed by atoms with Gasteiger partial charge in [0.1, 0.15) is 0 Å². The largest absolute Gasteiger partial charge is 0.324 e. The van der Waals surface area contributed by atoms with Crippen LogP contribution in [0.2, 0.25) is 0 Å². The molecule has 100 valence electrons. The molecule has 2 heteroatoms.